The Labute approximate surface area is 129 Å². The Morgan fingerprint density at radius 2 is 1.10 bits per heavy atom. The summed E-state index contributed by atoms with van der Waals surface area (Å²) in [6.07, 6.45) is 5.11. The molecule has 2 rings (SSSR count). The van der Waals surface area contributed by atoms with E-state index >= 15 is 0 Å². The largest absolute Gasteiger partial charge is 0.400 e. The number of allylic oxidation sites excluding steroid dienone is 2. The molecular weight excluding hydrogens is 256 g/mol. The molecule has 2 aromatic rings. The third-order valence-electron chi connectivity index (χ3n) is 2.14. The van der Waals surface area contributed by atoms with E-state index in [1.165, 1.54) is 11.1 Å². The van der Waals surface area contributed by atoms with Gasteiger partial charge in [0, 0.05) is 7.11 Å². The first-order valence-electron chi connectivity index (χ1n) is 6.62. The van der Waals surface area contributed by atoms with Crippen molar-refractivity contribution in [3.8, 4) is 0 Å². The Hall–Kier alpha value is -2.38. The minimum atomic E-state index is 1.00. The molecule has 112 valence electrons. The Balaban J connectivity index is 0. The maximum atomic E-state index is 7.00. The maximum Gasteiger partial charge on any atom is 0.0319 e. The van der Waals surface area contributed by atoms with Gasteiger partial charge < -0.3 is 5.11 Å². The summed E-state index contributed by atoms with van der Waals surface area (Å²) in [6, 6.07) is 20.3. The van der Waals surface area contributed by atoms with Gasteiger partial charge in [-0.05, 0) is 12.5 Å². The Bertz CT molecular complexity index is 452. The summed E-state index contributed by atoms with van der Waals surface area (Å²) in [5.74, 6) is 0. The monoisotopic (exact) mass is 282 g/mol. The number of rotatable bonds is 2. The van der Waals surface area contributed by atoms with Gasteiger partial charge in [0.1, 0.15) is 0 Å². The topological polar surface area (TPSA) is 20.2 Å². The van der Waals surface area contributed by atoms with Gasteiger partial charge in [0.15, 0.2) is 0 Å². The molecule has 0 saturated heterocycles. The van der Waals surface area contributed by atoms with Crippen molar-refractivity contribution >= 4 is 6.08 Å². The van der Waals surface area contributed by atoms with Crippen LogP contribution < -0.4 is 0 Å². The van der Waals surface area contributed by atoms with Crippen LogP contribution >= 0.6 is 0 Å². The van der Waals surface area contributed by atoms with Crippen LogP contribution in [0.3, 0.4) is 0 Å². The zero-order valence-electron chi connectivity index (χ0n) is 13.1. The van der Waals surface area contributed by atoms with Gasteiger partial charge in [0.25, 0.3) is 0 Å². The number of aryl methyl sites for hydroxylation is 1. The summed E-state index contributed by atoms with van der Waals surface area (Å²) in [5.41, 5.74) is 2.50. The Morgan fingerprint density at radius 3 is 1.29 bits per heavy atom. The highest BCUT2D eigenvalue weighted by Crippen LogP contribution is 1.97. The normalized spacial score (nSPS) is 7.38. The Kier molecular flexibility index (Phi) is 17.6. The highest BCUT2D eigenvalue weighted by Gasteiger charge is 1.75. The number of aliphatic hydroxyl groups is 1. The lowest BCUT2D eigenvalue weighted by Gasteiger charge is -1.85. The van der Waals surface area contributed by atoms with Crippen LogP contribution in [0.2, 0.25) is 0 Å². The van der Waals surface area contributed by atoms with Crippen LogP contribution in [0.4, 0.5) is 0 Å². The third-order valence-corrected chi connectivity index (χ3v) is 2.14. The standard InChI is InChI=1S/C8H8.C7H8.C4H6.CH4O/c1-2-8-6-4-3-5-7-8;1-7-5-3-2-4-6-7;1-3-4-2;1-2/h2-7H,1H2;2-6H,1H3;3-4H,1-2H2;2H,1H3. The molecule has 2 aromatic carbocycles. The minimum absolute atomic E-state index is 1.00. The van der Waals surface area contributed by atoms with Crippen LogP contribution in [0.5, 0.6) is 0 Å². The zero-order chi connectivity index (χ0) is 16.3. The lowest BCUT2D eigenvalue weighted by molar-refractivity contribution is 0.399. The second-order valence-corrected chi connectivity index (χ2v) is 3.74. The van der Waals surface area contributed by atoms with Gasteiger partial charge in [0.2, 0.25) is 0 Å². The van der Waals surface area contributed by atoms with E-state index in [1.807, 2.05) is 54.6 Å². The summed E-state index contributed by atoms with van der Waals surface area (Å²) in [7, 11) is 1.00. The first-order chi connectivity index (χ1) is 10.2. The lowest BCUT2D eigenvalue weighted by atomic mass is 10.2. The first-order valence-corrected chi connectivity index (χ1v) is 6.62. The maximum absolute atomic E-state index is 7.00. The van der Waals surface area contributed by atoms with Crippen molar-refractivity contribution in [3.63, 3.8) is 0 Å². The smallest absolute Gasteiger partial charge is 0.0319 e. The van der Waals surface area contributed by atoms with Gasteiger partial charge in [-0.15, -0.1) is 0 Å². The highest BCUT2D eigenvalue weighted by molar-refractivity contribution is 5.45. The molecule has 0 amide bonds. The number of benzene rings is 2. The number of hydrogen-bond acceptors (Lipinski definition) is 1. The molecule has 0 radical (unpaired) electrons. The highest BCUT2D eigenvalue weighted by atomic mass is 16.2. The molecule has 0 bridgehead atoms. The molecule has 0 aliphatic carbocycles. The Morgan fingerprint density at radius 1 is 0.714 bits per heavy atom. The molecule has 0 aliphatic heterocycles. The third kappa shape index (κ3) is 15.6. The van der Waals surface area contributed by atoms with Gasteiger partial charge in [-0.25, -0.2) is 0 Å². The van der Waals surface area contributed by atoms with Gasteiger partial charge in [-0.2, -0.15) is 0 Å². The summed E-state index contributed by atoms with van der Waals surface area (Å²) >= 11 is 0. The van der Waals surface area contributed by atoms with E-state index in [0.717, 1.165) is 7.11 Å². The van der Waals surface area contributed by atoms with E-state index in [4.69, 9.17) is 5.11 Å². The van der Waals surface area contributed by atoms with Crippen molar-refractivity contribution in [3.05, 3.63) is 104 Å². The number of aliphatic hydroxyl groups excluding tert-OH is 1. The molecule has 0 spiro atoms. The molecular formula is C20H26O. The summed E-state index contributed by atoms with van der Waals surface area (Å²) in [4.78, 5) is 0. The average Bonchev–Trinajstić information content (AvgIpc) is 2.59. The quantitative estimate of drug-likeness (QED) is 0.742. The predicted octanol–water partition coefficient (Wildman–Crippen LogP) is 5.29. The van der Waals surface area contributed by atoms with E-state index in [9.17, 15) is 0 Å². The summed E-state index contributed by atoms with van der Waals surface area (Å²) < 4.78 is 0. The van der Waals surface area contributed by atoms with Crippen LogP contribution in [-0.4, -0.2) is 12.2 Å². The van der Waals surface area contributed by atoms with Crippen molar-refractivity contribution in [1.82, 2.24) is 0 Å². The van der Waals surface area contributed by atoms with Crippen molar-refractivity contribution in [2.24, 2.45) is 0 Å². The molecule has 1 nitrogen and oxygen atoms in total. The average molecular weight is 282 g/mol. The molecule has 1 N–H and O–H groups in total. The van der Waals surface area contributed by atoms with Crippen molar-refractivity contribution in [1.29, 1.82) is 0 Å². The molecule has 0 heterocycles. The van der Waals surface area contributed by atoms with E-state index in [2.05, 4.69) is 38.8 Å². The molecule has 1 heteroatoms. The second-order valence-electron chi connectivity index (χ2n) is 3.74. The fourth-order valence-electron chi connectivity index (χ4n) is 1.12. The van der Waals surface area contributed by atoms with Gasteiger partial charge in [0.05, 0.1) is 0 Å². The molecule has 0 atom stereocenters. The van der Waals surface area contributed by atoms with Crippen molar-refractivity contribution in [2.75, 3.05) is 7.11 Å². The molecule has 0 aliphatic rings. The minimum Gasteiger partial charge on any atom is -0.400 e. The fraction of sp³-hybridized carbons (Fsp3) is 0.100. The van der Waals surface area contributed by atoms with Crippen LogP contribution in [0.25, 0.3) is 6.08 Å². The van der Waals surface area contributed by atoms with Crippen LogP contribution in [0.1, 0.15) is 11.1 Å². The van der Waals surface area contributed by atoms with Gasteiger partial charge >= 0.3 is 0 Å². The van der Waals surface area contributed by atoms with E-state index in [1.54, 1.807) is 12.2 Å². The fourth-order valence-corrected chi connectivity index (χ4v) is 1.12. The molecule has 0 aromatic heterocycles. The second kappa shape index (κ2) is 17.6. The van der Waals surface area contributed by atoms with E-state index in [0.29, 0.717) is 0 Å². The first kappa shape index (κ1) is 20.9. The van der Waals surface area contributed by atoms with E-state index in [-0.39, 0.29) is 0 Å². The zero-order valence-corrected chi connectivity index (χ0v) is 13.1. The SMILES string of the molecule is C=CC=C.C=Cc1ccccc1.CO.Cc1ccccc1. The summed E-state index contributed by atoms with van der Waals surface area (Å²) in [6.45, 7) is 12.4. The lowest BCUT2D eigenvalue weighted by Crippen LogP contribution is -1.63. The van der Waals surface area contributed by atoms with E-state index < -0.39 is 0 Å². The summed E-state index contributed by atoms with van der Waals surface area (Å²) in [5, 5.41) is 7.00. The van der Waals surface area contributed by atoms with Gasteiger partial charge in [-0.3, -0.25) is 0 Å². The number of hydrogen-bond donors (Lipinski definition) is 1. The van der Waals surface area contributed by atoms with Crippen LogP contribution in [0, 0.1) is 6.92 Å². The van der Waals surface area contributed by atoms with Crippen molar-refractivity contribution < 1.29 is 5.11 Å². The van der Waals surface area contributed by atoms with Crippen LogP contribution in [0.15, 0.2) is 92.6 Å². The molecule has 0 saturated carbocycles. The van der Waals surface area contributed by atoms with Gasteiger partial charge in [-0.1, -0.05) is 104 Å². The predicted molar refractivity (Wildman–Crippen MR) is 96.2 cm³/mol. The molecule has 0 unspecified atom stereocenters. The molecule has 0 fully saturated rings. The molecule has 21 heavy (non-hydrogen) atoms. The van der Waals surface area contributed by atoms with Crippen molar-refractivity contribution in [2.45, 2.75) is 6.92 Å². The van der Waals surface area contributed by atoms with Crippen LogP contribution in [-0.2, 0) is 0 Å².